The van der Waals surface area contributed by atoms with Gasteiger partial charge in [0.15, 0.2) is 0 Å². The number of carbonyl (C=O) groups is 1. The number of thioether (sulfide) groups is 1. The van der Waals surface area contributed by atoms with Gasteiger partial charge in [0, 0.05) is 30.1 Å². The Kier molecular flexibility index (Phi) is 6.50. The number of rotatable bonds is 6. The number of aryl methyl sites for hydroxylation is 2. The third-order valence-corrected chi connectivity index (χ3v) is 5.45. The van der Waals surface area contributed by atoms with Gasteiger partial charge in [0.05, 0.1) is 19.0 Å². The Labute approximate surface area is 144 Å². The summed E-state index contributed by atoms with van der Waals surface area (Å²) in [7, 11) is 0. The van der Waals surface area contributed by atoms with E-state index in [9.17, 15) is 4.79 Å². The molecule has 1 aliphatic heterocycles. The molecular weight excluding hydrogens is 308 g/mol. The first kappa shape index (κ1) is 18.3. The Balaban J connectivity index is 1.79. The average Bonchev–Trinajstić information content (AvgIpc) is 2.54. The lowest BCUT2D eigenvalue weighted by atomic mass is 10.0. The molecule has 1 amide bonds. The molecule has 1 aliphatic rings. The number of hydrogen-bond donors (Lipinski definition) is 1. The smallest absolute Gasteiger partial charge is 0.230 e. The van der Waals surface area contributed by atoms with Crippen molar-refractivity contribution in [2.45, 2.75) is 38.1 Å². The van der Waals surface area contributed by atoms with E-state index in [0.29, 0.717) is 12.3 Å². The number of nitrogens with zero attached hydrogens (tertiary/aromatic N) is 1. The van der Waals surface area contributed by atoms with E-state index in [4.69, 9.17) is 4.74 Å². The highest BCUT2D eigenvalue weighted by atomic mass is 32.2. The summed E-state index contributed by atoms with van der Waals surface area (Å²) < 4.78 is 5.40. The molecule has 1 N–H and O–H groups in total. The lowest BCUT2D eigenvalue weighted by molar-refractivity contribution is -0.119. The first-order valence-corrected chi connectivity index (χ1v) is 9.16. The van der Waals surface area contributed by atoms with Crippen molar-refractivity contribution >= 4 is 17.7 Å². The first-order valence-electron chi connectivity index (χ1n) is 8.18. The van der Waals surface area contributed by atoms with Gasteiger partial charge in [-0.25, -0.2) is 0 Å². The molecule has 2 rings (SSSR count). The van der Waals surface area contributed by atoms with Gasteiger partial charge in [-0.1, -0.05) is 17.7 Å². The van der Waals surface area contributed by atoms with E-state index in [1.54, 1.807) is 11.8 Å². The molecule has 5 heteroatoms. The highest BCUT2D eigenvalue weighted by Crippen LogP contribution is 2.23. The van der Waals surface area contributed by atoms with Crippen LogP contribution in [0.15, 0.2) is 23.1 Å². The van der Waals surface area contributed by atoms with Crippen LogP contribution in [-0.4, -0.2) is 54.9 Å². The zero-order valence-electron chi connectivity index (χ0n) is 14.6. The summed E-state index contributed by atoms with van der Waals surface area (Å²) in [5.41, 5.74) is 2.41. The van der Waals surface area contributed by atoms with E-state index in [0.717, 1.165) is 26.3 Å². The molecule has 23 heavy (non-hydrogen) atoms. The third kappa shape index (κ3) is 5.52. The van der Waals surface area contributed by atoms with E-state index >= 15 is 0 Å². The molecule has 0 radical (unpaired) electrons. The summed E-state index contributed by atoms with van der Waals surface area (Å²) in [6.45, 7) is 12.6. The van der Waals surface area contributed by atoms with Crippen LogP contribution in [-0.2, 0) is 9.53 Å². The fourth-order valence-electron chi connectivity index (χ4n) is 2.65. The molecule has 1 fully saturated rings. The zero-order valence-corrected chi connectivity index (χ0v) is 15.5. The number of carbonyl (C=O) groups excluding carboxylic acids is 1. The number of ether oxygens (including phenoxy) is 1. The van der Waals surface area contributed by atoms with Gasteiger partial charge < -0.3 is 10.1 Å². The molecule has 1 aromatic carbocycles. The minimum Gasteiger partial charge on any atom is -0.379 e. The van der Waals surface area contributed by atoms with Crippen LogP contribution in [0.25, 0.3) is 0 Å². The van der Waals surface area contributed by atoms with Crippen LogP contribution >= 0.6 is 11.8 Å². The van der Waals surface area contributed by atoms with Gasteiger partial charge in [-0.2, -0.15) is 0 Å². The Bertz CT molecular complexity index is 540. The van der Waals surface area contributed by atoms with Crippen molar-refractivity contribution in [1.82, 2.24) is 10.2 Å². The van der Waals surface area contributed by atoms with Crippen LogP contribution in [0.4, 0.5) is 0 Å². The Morgan fingerprint density at radius 2 is 2.00 bits per heavy atom. The summed E-state index contributed by atoms with van der Waals surface area (Å²) in [4.78, 5) is 15.7. The maximum Gasteiger partial charge on any atom is 0.230 e. The third-order valence-electron chi connectivity index (χ3n) is 4.29. The molecule has 0 unspecified atom stereocenters. The van der Waals surface area contributed by atoms with E-state index < -0.39 is 0 Å². The second kappa shape index (κ2) is 8.18. The zero-order chi connectivity index (χ0) is 16.9. The van der Waals surface area contributed by atoms with Crippen molar-refractivity contribution in [1.29, 1.82) is 0 Å². The molecule has 128 valence electrons. The monoisotopic (exact) mass is 336 g/mol. The molecule has 0 spiro atoms. The molecule has 0 atom stereocenters. The van der Waals surface area contributed by atoms with E-state index in [1.807, 2.05) is 0 Å². The quantitative estimate of drug-likeness (QED) is 0.811. The van der Waals surface area contributed by atoms with Crippen molar-refractivity contribution in [3.63, 3.8) is 0 Å². The summed E-state index contributed by atoms with van der Waals surface area (Å²) in [6, 6.07) is 6.35. The predicted molar refractivity (Wildman–Crippen MR) is 96.1 cm³/mol. The lowest BCUT2D eigenvalue weighted by Gasteiger charge is -2.40. The molecule has 0 aromatic heterocycles. The van der Waals surface area contributed by atoms with Gasteiger partial charge in [0.1, 0.15) is 0 Å². The lowest BCUT2D eigenvalue weighted by Crippen LogP contribution is -2.55. The second-order valence-corrected chi connectivity index (χ2v) is 7.76. The number of hydrogen-bond acceptors (Lipinski definition) is 4. The SMILES string of the molecule is Cc1ccc(C)c(SCC(=O)NCC(C)(C)N2CCOCC2)c1. The maximum absolute atomic E-state index is 12.2. The fourth-order valence-corrected chi connectivity index (χ4v) is 3.61. The van der Waals surface area contributed by atoms with Crippen molar-refractivity contribution < 1.29 is 9.53 Å². The fraction of sp³-hybridized carbons (Fsp3) is 0.611. The van der Waals surface area contributed by atoms with Gasteiger partial charge in [-0.3, -0.25) is 9.69 Å². The van der Waals surface area contributed by atoms with Gasteiger partial charge >= 0.3 is 0 Å². The largest absolute Gasteiger partial charge is 0.379 e. The minimum atomic E-state index is -0.0383. The van der Waals surface area contributed by atoms with E-state index in [1.165, 1.54) is 16.0 Å². The molecule has 1 saturated heterocycles. The van der Waals surface area contributed by atoms with Crippen LogP contribution in [0.1, 0.15) is 25.0 Å². The molecule has 4 nitrogen and oxygen atoms in total. The summed E-state index contributed by atoms with van der Waals surface area (Å²) in [6.07, 6.45) is 0. The van der Waals surface area contributed by atoms with Crippen LogP contribution < -0.4 is 5.32 Å². The van der Waals surface area contributed by atoms with Crippen molar-refractivity contribution in [3.8, 4) is 0 Å². The average molecular weight is 337 g/mol. The van der Waals surface area contributed by atoms with Crippen molar-refractivity contribution in [3.05, 3.63) is 29.3 Å². The normalized spacial score (nSPS) is 16.3. The minimum absolute atomic E-state index is 0.0383. The molecule has 0 bridgehead atoms. The van der Waals surface area contributed by atoms with E-state index in [2.05, 4.69) is 56.1 Å². The summed E-state index contributed by atoms with van der Waals surface area (Å²) in [5.74, 6) is 0.556. The van der Waals surface area contributed by atoms with Gasteiger partial charge in [-0.05, 0) is 39.3 Å². The second-order valence-electron chi connectivity index (χ2n) is 6.75. The number of benzene rings is 1. The molecular formula is C18H28N2O2S. The van der Waals surface area contributed by atoms with Crippen LogP contribution in [0.5, 0.6) is 0 Å². The summed E-state index contributed by atoms with van der Waals surface area (Å²) in [5, 5.41) is 3.08. The van der Waals surface area contributed by atoms with Crippen LogP contribution in [0, 0.1) is 13.8 Å². The Morgan fingerprint density at radius 3 is 2.70 bits per heavy atom. The number of morpholine rings is 1. The highest BCUT2D eigenvalue weighted by molar-refractivity contribution is 8.00. The Morgan fingerprint density at radius 1 is 1.30 bits per heavy atom. The van der Waals surface area contributed by atoms with E-state index in [-0.39, 0.29) is 11.4 Å². The highest BCUT2D eigenvalue weighted by Gasteiger charge is 2.28. The molecule has 0 saturated carbocycles. The molecule has 1 aromatic rings. The van der Waals surface area contributed by atoms with Gasteiger partial charge in [0.2, 0.25) is 5.91 Å². The maximum atomic E-state index is 12.2. The number of amides is 1. The van der Waals surface area contributed by atoms with Crippen LogP contribution in [0.2, 0.25) is 0 Å². The standard InChI is InChI=1S/C18H28N2O2S/c1-14-5-6-15(2)16(11-14)23-12-17(21)19-13-18(3,4)20-7-9-22-10-8-20/h5-6,11H,7-10,12-13H2,1-4H3,(H,19,21). The predicted octanol–water partition coefficient (Wildman–Crippen LogP) is 2.62. The Hall–Kier alpha value is -1.04. The van der Waals surface area contributed by atoms with Gasteiger partial charge in [0.25, 0.3) is 0 Å². The van der Waals surface area contributed by atoms with Crippen LogP contribution in [0.3, 0.4) is 0 Å². The topological polar surface area (TPSA) is 41.6 Å². The van der Waals surface area contributed by atoms with Crippen molar-refractivity contribution in [2.75, 3.05) is 38.6 Å². The number of nitrogens with one attached hydrogen (secondary N) is 1. The molecule has 1 heterocycles. The molecule has 0 aliphatic carbocycles. The van der Waals surface area contributed by atoms with Crippen molar-refractivity contribution in [2.24, 2.45) is 0 Å². The summed E-state index contributed by atoms with van der Waals surface area (Å²) >= 11 is 1.61. The van der Waals surface area contributed by atoms with Gasteiger partial charge in [-0.15, -0.1) is 11.8 Å². The first-order chi connectivity index (χ1) is 10.9.